The molecule has 0 bridgehead atoms. The molecule has 2 amide bonds. The number of piperidine rings is 1. The number of fused-ring (bicyclic) bond motifs is 4. The van der Waals surface area contributed by atoms with E-state index in [1.807, 2.05) is 13.8 Å². The van der Waals surface area contributed by atoms with E-state index < -0.39 is 10.3 Å². The zero-order valence-electron chi connectivity index (χ0n) is 16.5. The van der Waals surface area contributed by atoms with Gasteiger partial charge in [-0.3, -0.25) is 24.6 Å². The van der Waals surface area contributed by atoms with Crippen LogP contribution in [0.4, 0.5) is 11.4 Å². The fourth-order valence-corrected chi connectivity index (χ4v) is 5.32. The van der Waals surface area contributed by atoms with Crippen LogP contribution in [0, 0.1) is 15.5 Å². The molecule has 2 saturated heterocycles. The summed E-state index contributed by atoms with van der Waals surface area (Å²) in [7, 11) is 0. The van der Waals surface area contributed by atoms with Gasteiger partial charge in [0.1, 0.15) is 0 Å². The summed E-state index contributed by atoms with van der Waals surface area (Å²) in [5.74, 6) is -0.671. The molecule has 9 heteroatoms. The second-order valence-electron chi connectivity index (χ2n) is 8.11. The molecule has 3 aliphatic heterocycles. The minimum absolute atomic E-state index is 0.0349. The molecule has 0 aromatic heterocycles. The molecular weight excluding hydrogens is 392 g/mol. The predicted molar refractivity (Wildman–Crippen MR) is 112 cm³/mol. The topological polar surface area (TPSA) is 95.8 Å². The Balaban J connectivity index is 1.88. The minimum Gasteiger partial charge on any atom is -0.367 e. The van der Waals surface area contributed by atoms with Crippen molar-refractivity contribution in [1.29, 1.82) is 0 Å². The predicted octanol–water partition coefficient (Wildman–Crippen LogP) is 2.54. The van der Waals surface area contributed by atoms with E-state index >= 15 is 0 Å². The second-order valence-corrected chi connectivity index (χ2v) is 8.50. The van der Waals surface area contributed by atoms with Gasteiger partial charge in [0.25, 0.3) is 5.69 Å². The minimum atomic E-state index is -1.33. The number of nitro groups is 1. The summed E-state index contributed by atoms with van der Waals surface area (Å²) in [4.78, 5) is 41.7. The van der Waals surface area contributed by atoms with Crippen molar-refractivity contribution in [2.75, 3.05) is 11.4 Å². The Morgan fingerprint density at radius 1 is 1.38 bits per heavy atom. The van der Waals surface area contributed by atoms with E-state index in [0.29, 0.717) is 18.5 Å². The van der Waals surface area contributed by atoms with Gasteiger partial charge in [0.2, 0.25) is 11.8 Å². The van der Waals surface area contributed by atoms with Crippen LogP contribution in [-0.4, -0.2) is 45.4 Å². The lowest BCUT2D eigenvalue weighted by atomic mass is 9.66. The van der Waals surface area contributed by atoms with Gasteiger partial charge in [-0.05, 0) is 56.5 Å². The van der Waals surface area contributed by atoms with Crippen molar-refractivity contribution >= 4 is 40.5 Å². The van der Waals surface area contributed by atoms with Crippen LogP contribution in [0.2, 0.25) is 0 Å². The molecule has 29 heavy (non-hydrogen) atoms. The van der Waals surface area contributed by atoms with Gasteiger partial charge in [0, 0.05) is 36.8 Å². The first-order valence-electron chi connectivity index (χ1n) is 10.0. The number of carbonyl (C=O) groups is 2. The van der Waals surface area contributed by atoms with Crippen LogP contribution in [0.1, 0.15) is 45.1 Å². The lowest BCUT2D eigenvalue weighted by Gasteiger charge is -2.54. The molecule has 3 aliphatic rings. The Labute approximate surface area is 174 Å². The summed E-state index contributed by atoms with van der Waals surface area (Å²) in [6.45, 7) is 4.59. The first kappa shape index (κ1) is 19.8. The molecule has 0 unspecified atom stereocenters. The van der Waals surface area contributed by atoms with Crippen LogP contribution in [0.3, 0.4) is 0 Å². The molecule has 1 spiro atoms. The van der Waals surface area contributed by atoms with E-state index in [2.05, 4.69) is 10.2 Å². The van der Waals surface area contributed by atoms with E-state index in [1.54, 1.807) is 6.07 Å². The van der Waals surface area contributed by atoms with Crippen LogP contribution in [0.25, 0.3) is 0 Å². The second kappa shape index (κ2) is 7.05. The van der Waals surface area contributed by atoms with Crippen LogP contribution in [0.5, 0.6) is 0 Å². The number of anilines is 1. The molecule has 154 valence electrons. The third-order valence-corrected chi connectivity index (χ3v) is 6.90. The molecule has 1 aromatic carbocycles. The monoisotopic (exact) mass is 416 g/mol. The highest BCUT2D eigenvalue weighted by atomic mass is 32.1. The number of nitrogens with zero attached hydrogens (tertiary/aromatic N) is 3. The first-order valence-corrected chi connectivity index (χ1v) is 10.4. The maximum absolute atomic E-state index is 13.8. The Morgan fingerprint density at radius 3 is 2.83 bits per heavy atom. The first-order chi connectivity index (χ1) is 13.8. The number of hydrogen-bond donors (Lipinski definition) is 1. The highest BCUT2D eigenvalue weighted by molar-refractivity contribution is 7.80. The SMILES string of the molecule is CC[C@H](C)N1C(=O)[C@@]2(Cc3cc([N+](=O)[O-])ccc3N3CCCC[C@@H]32)C(=O)NC1=S. The Morgan fingerprint density at radius 2 is 2.14 bits per heavy atom. The summed E-state index contributed by atoms with van der Waals surface area (Å²) in [5, 5.41) is 14.2. The molecular formula is C20H24N4O4S. The van der Waals surface area contributed by atoms with E-state index in [9.17, 15) is 19.7 Å². The van der Waals surface area contributed by atoms with E-state index in [1.165, 1.54) is 17.0 Å². The smallest absolute Gasteiger partial charge is 0.269 e. The highest BCUT2D eigenvalue weighted by Gasteiger charge is 2.61. The number of amides is 2. The van der Waals surface area contributed by atoms with Crippen LogP contribution >= 0.6 is 12.2 Å². The Hall–Kier alpha value is -2.55. The maximum Gasteiger partial charge on any atom is 0.269 e. The number of rotatable bonds is 3. The fraction of sp³-hybridized carbons (Fsp3) is 0.550. The van der Waals surface area contributed by atoms with E-state index in [4.69, 9.17) is 12.2 Å². The summed E-state index contributed by atoms with van der Waals surface area (Å²) in [5.41, 5.74) is 0.189. The molecule has 1 N–H and O–H groups in total. The highest BCUT2D eigenvalue weighted by Crippen LogP contribution is 2.48. The number of nitro benzene ring substituents is 1. The van der Waals surface area contributed by atoms with Gasteiger partial charge >= 0.3 is 0 Å². The largest absolute Gasteiger partial charge is 0.367 e. The van der Waals surface area contributed by atoms with Gasteiger partial charge in [-0.2, -0.15) is 0 Å². The van der Waals surface area contributed by atoms with Crippen LogP contribution < -0.4 is 10.2 Å². The van der Waals surface area contributed by atoms with Crippen molar-refractivity contribution in [3.8, 4) is 0 Å². The summed E-state index contributed by atoms with van der Waals surface area (Å²) in [6.07, 6.45) is 3.45. The van der Waals surface area contributed by atoms with Crippen molar-refractivity contribution < 1.29 is 14.5 Å². The van der Waals surface area contributed by atoms with E-state index in [-0.39, 0.29) is 41.1 Å². The average molecular weight is 417 g/mol. The van der Waals surface area contributed by atoms with Crippen molar-refractivity contribution in [3.63, 3.8) is 0 Å². The zero-order chi connectivity index (χ0) is 20.9. The van der Waals surface area contributed by atoms with Gasteiger partial charge in [-0.25, -0.2) is 0 Å². The number of non-ortho nitro benzene ring substituents is 1. The zero-order valence-corrected chi connectivity index (χ0v) is 17.3. The van der Waals surface area contributed by atoms with Crippen molar-refractivity contribution in [3.05, 3.63) is 33.9 Å². The molecule has 0 saturated carbocycles. The van der Waals surface area contributed by atoms with Gasteiger partial charge in [0.05, 0.1) is 11.0 Å². The van der Waals surface area contributed by atoms with Crippen molar-refractivity contribution in [1.82, 2.24) is 10.2 Å². The molecule has 0 radical (unpaired) electrons. The number of hydrogen-bond acceptors (Lipinski definition) is 6. The van der Waals surface area contributed by atoms with Gasteiger partial charge in [-0.1, -0.05) is 6.92 Å². The molecule has 4 rings (SSSR count). The van der Waals surface area contributed by atoms with Gasteiger partial charge in [0.15, 0.2) is 10.5 Å². The number of thiocarbonyl (C=S) groups is 1. The van der Waals surface area contributed by atoms with Crippen LogP contribution in [-0.2, 0) is 16.0 Å². The molecule has 2 fully saturated rings. The standard InChI is InChI=1S/C20H24N4O4S/c1-3-12(2)23-18(26)20(17(25)21-19(23)29)11-13-10-14(24(27)28)7-8-15(13)22-9-5-4-6-16(20)22/h7-8,10,12,16H,3-6,9,11H2,1-2H3,(H,21,25,29)/t12-,16+,20+/m0/s1. The number of nitrogens with one attached hydrogen (secondary N) is 1. The summed E-state index contributed by atoms with van der Waals surface area (Å²) >= 11 is 5.33. The van der Waals surface area contributed by atoms with Gasteiger partial charge < -0.3 is 10.2 Å². The average Bonchev–Trinajstić information content (AvgIpc) is 2.71. The quantitative estimate of drug-likeness (QED) is 0.352. The maximum atomic E-state index is 13.8. The molecule has 8 nitrogen and oxygen atoms in total. The summed E-state index contributed by atoms with van der Waals surface area (Å²) < 4.78 is 0. The van der Waals surface area contributed by atoms with Crippen molar-refractivity contribution in [2.45, 2.75) is 58.0 Å². The Kier molecular flexibility index (Phi) is 4.80. The summed E-state index contributed by atoms with van der Waals surface area (Å²) in [6, 6.07) is 4.32. The van der Waals surface area contributed by atoms with Crippen LogP contribution in [0.15, 0.2) is 18.2 Å². The molecule has 1 aromatic rings. The van der Waals surface area contributed by atoms with Gasteiger partial charge in [-0.15, -0.1) is 0 Å². The third kappa shape index (κ3) is 2.82. The lowest BCUT2D eigenvalue weighted by molar-refractivity contribution is -0.384. The number of carbonyl (C=O) groups excluding carboxylic acids is 2. The normalized spacial score (nSPS) is 27.4. The Bertz CT molecular complexity index is 920. The van der Waals surface area contributed by atoms with Crippen molar-refractivity contribution in [2.24, 2.45) is 5.41 Å². The molecule has 3 heterocycles. The third-order valence-electron chi connectivity index (χ3n) is 6.60. The molecule has 0 aliphatic carbocycles. The number of benzene rings is 1. The fourth-order valence-electron chi connectivity index (χ4n) is 4.96. The molecule has 3 atom stereocenters. The lowest BCUT2D eigenvalue weighted by Crippen LogP contribution is -2.73. The van der Waals surface area contributed by atoms with E-state index in [0.717, 1.165) is 24.9 Å².